The van der Waals surface area contributed by atoms with Crippen LogP contribution in [0.3, 0.4) is 0 Å². The maximum Gasteiger partial charge on any atom is 0.284 e. The van der Waals surface area contributed by atoms with E-state index in [1.165, 1.54) is 0 Å². The van der Waals surface area contributed by atoms with Gasteiger partial charge in [0, 0.05) is 75.6 Å². The zero-order valence-corrected chi connectivity index (χ0v) is 34.6. The van der Waals surface area contributed by atoms with Crippen LogP contribution in [0.5, 0.6) is 0 Å². The molecule has 0 aliphatic rings. The Morgan fingerprint density at radius 3 is 1.46 bits per heavy atom. The number of nitrogens with two attached hydrogens (primary N) is 4. The summed E-state index contributed by atoms with van der Waals surface area (Å²) >= 11 is 0. The van der Waals surface area contributed by atoms with E-state index < -0.39 is 29.8 Å². The number of carbonyl (C=O) groups is 6. The van der Waals surface area contributed by atoms with Crippen molar-refractivity contribution in [3.63, 3.8) is 0 Å². The smallest absolute Gasteiger partial charge is 0.284 e. The molecule has 0 bridgehead atoms. The predicted octanol–water partition coefficient (Wildman–Crippen LogP) is 4.93. The first-order chi connectivity index (χ1) is 28.9. The Kier molecular flexibility index (Phi) is 13.5. The van der Waals surface area contributed by atoms with Gasteiger partial charge in [-0.1, -0.05) is 39.8 Å². The molecule has 0 aliphatic heterocycles. The second-order valence-corrected chi connectivity index (χ2v) is 16.3. The minimum absolute atomic E-state index is 0.0178. The molecule has 3 aromatic carbocycles. The van der Waals surface area contributed by atoms with Crippen LogP contribution in [0.25, 0.3) is 32.7 Å². The number of aromatic nitrogens is 3. The standard InChI is InChI=1S/C44H53N11O6/c1-23(2)15-31(45)39(56)11-13-54(47)43(60)37-18-25-5-8-29(21-34(25)52-37)49-41(58)27-7-10-33-28(17-27)20-36(51-33)42(59)50-30-9-6-26-19-38(53-35(26)22-30)44(61)55(48)14-12-40(57)32(46)16-24(3)4/h5-10,17-24,31-32,51-53H,11-16,45-48H2,1-4H3,(H,49,58)(H,50,59)/t31-,32-/m0/s1. The van der Waals surface area contributed by atoms with Gasteiger partial charge in [-0.15, -0.1) is 0 Å². The molecule has 17 nitrogen and oxygen atoms in total. The number of fused-ring (bicyclic) bond motifs is 3. The van der Waals surface area contributed by atoms with Crippen LogP contribution in [0, 0.1) is 11.8 Å². The molecule has 0 fully saturated rings. The van der Waals surface area contributed by atoms with Crippen molar-refractivity contribution in [2.45, 2.75) is 65.5 Å². The topological polar surface area (TPSA) is 284 Å². The fourth-order valence-corrected chi connectivity index (χ4v) is 7.06. The summed E-state index contributed by atoms with van der Waals surface area (Å²) in [5.41, 5.74) is 15.8. The lowest BCUT2D eigenvalue weighted by molar-refractivity contribution is -0.121. The van der Waals surface area contributed by atoms with E-state index in [2.05, 4.69) is 25.6 Å². The van der Waals surface area contributed by atoms with Gasteiger partial charge >= 0.3 is 0 Å². The molecule has 4 amide bonds. The third-order valence-electron chi connectivity index (χ3n) is 10.3. The van der Waals surface area contributed by atoms with E-state index in [9.17, 15) is 28.8 Å². The van der Waals surface area contributed by atoms with Crippen molar-refractivity contribution in [1.82, 2.24) is 25.0 Å². The molecule has 0 unspecified atom stereocenters. The number of carbonyl (C=O) groups excluding carboxylic acids is 6. The van der Waals surface area contributed by atoms with Crippen molar-refractivity contribution in [1.29, 1.82) is 0 Å². The van der Waals surface area contributed by atoms with Gasteiger partial charge in [0.05, 0.1) is 12.1 Å². The van der Waals surface area contributed by atoms with E-state index in [1.807, 2.05) is 27.7 Å². The van der Waals surface area contributed by atoms with E-state index >= 15 is 0 Å². The van der Waals surface area contributed by atoms with Crippen LogP contribution in [0.1, 0.15) is 95.2 Å². The van der Waals surface area contributed by atoms with Gasteiger partial charge < -0.3 is 37.1 Å². The van der Waals surface area contributed by atoms with Crippen molar-refractivity contribution in [3.8, 4) is 0 Å². The third kappa shape index (κ3) is 10.8. The van der Waals surface area contributed by atoms with Crippen LogP contribution in [0.15, 0.2) is 72.8 Å². The van der Waals surface area contributed by atoms with Gasteiger partial charge in [0.1, 0.15) is 17.1 Å². The number of nitrogens with one attached hydrogen (secondary N) is 5. The molecule has 13 N–H and O–H groups in total. The van der Waals surface area contributed by atoms with Crippen LogP contribution in [0.4, 0.5) is 11.4 Å². The maximum absolute atomic E-state index is 13.3. The number of benzene rings is 3. The molecule has 320 valence electrons. The second kappa shape index (κ2) is 18.7. The van der Waals surface area contributed by atoms with Crippen LogP contribution in [-0.2, 0) is 9.59 Å². The highest BCUT2D eigenvalue weighted by Crippen LogP contribution is 2.25. The van der Waals surface area contributed by atoms with E-state index in [4.69, 9.17) is 23.2 Å². The fourth-order valence-electron chi connectivity index (χ4n) is 7.06. The lowest BCUT2D eigenvalue weighted by Gasteiger charge is -2.17. The number of aromatic amines is 3. The molecule has 0 saturated carbocycles. The van der Waals surface area contributed by atoms with Crippen LogP contribution in [-0.4, -0.2) is 85.3 Å². The van der Waals surface area contributed by atoms with Crippen molar-refractivity contribution >= 4 is 79.3 Å². The molecule has 0 spiro atoms. The SMILES string of the molecule is CC(C)C[C@H](N)C(=O)CCN(N)C(=O)c1cc2ccc(NC(=O)c3ccc4[nH]c(C(=O)Nc5ccc6cc(C(=O)N(N)CCC(=O)[C@@H](N)CC(C)C)[nH]c6c5)cc4c3)cc2[nH]1. The average Bonchev–Trinajstić information content (AvgIpc) is 3.97. The first-order valence-electron chi connectivity index (χ1n) is 20.2. The number of amides is 4. The summed E-state index contributed by atoms with van der Waals surface area (Å²) in [4.78, 5) is 86.6. The zero-order chi connectivity index (χ0) is 44.1. The summed E-state index contributed by atoms with van der Waals surface area (Å²) in [5.74, 6) is 10.4. The van der Waals surface area contributed by atoms with Crippen LogP contribution >= 0.6 is 0 Å². The lowest BCUT2D eigenvalue weighted by Crippen LogP contribution is -2.41. The van der Waals surface area contributed by atoms with Gasteiger partial charge in [0.15, 0.2) is 11.6 Å². The Hall–Kier alpha value is -6.66. The number of hydrogen-bond acceptors (Lipinski definition) is 10. The van der Waals surface area contributed by atoms with Crippen molar-refractivity contribution < 1.29 is 28.8 Å². The fraction of sp³-hybridized carbons (Fsp3) is 0.318. The summed E-state index contributed by atoms with van der Waals surface area (Å²) in [6, 6.07) is 19.0. The molecule has 6 rings (SSSR count). The highest BCUT2D eigenvalue weighted by atomic mass is 16.2. The highest BCUT2D eigenvalue weighted by Gasteiger charge is 2.22. The van der Waals surface area contributed by atoms with Gasteiger partial charge in [-0.3, -0.25) is 38.8 Å². The van der Waals surface area contributed by atoms with Gasteiger partial charge in [-0.05, 0) is 85.3 Å². The highest BCUT2D eigenvalue weighted by molar-refractivity contribution is 6.10. The number of rotatable bonds is 18. The number of anilines is 2. The minimum atomic E-state index is -0.601. The normalized spacial score (nSPS) is 12.6. The third-order valence-corrected chi connectivity index (χ3v) is 10.3. The molecule has 2 atom stereocenters. The Balaban J connectivity index is 1.05. The largest absolute Gasteiger partial charge is 0.351 e. The van der Waals surface area contributed by atoms with Crippen molar-refractivity contribution in [2.24, 2.45) is 35.0 Å². The van der Waals surface area contributed by atoms with Gasteiger partial charge in [-0.25, -0.2) is 11.7 Å². The maximum atomic E-state index is 13.3. The molecule has 3 aromatic heterocycles. The lowest BCUT2D eigenvalue weighted by atomic mass is 9.99. The van der Waals surface area contributed by atoms with Crippen LogP contribution < -0.4 is 33.8 Å². The summed E-state index contributed by atoms with van der Waals surface area (Å²) < 4.78 is 0. The number of H-pyrrole nitrogens is 3. The molecular formula is C44H53N11O6. The average molecular weight is 832 g/mol. The van der Waals surface area contributed by atoms with Crippen LogP contribution in [0.2, 0.25) is 0 Å². The Bertz CT molecular complexity index is 2480. The Morgan fingerprint density at radius 2 is 0.984 bits per heavy atom. The molecule has 6 aromatic rings. The molecule has 3 heterocycles. The number of ketones is 2. The minimum Gasteiger partial charge on any atom is -0.351 e. The number of Topliss-reactive ketones (excluding diaryl/α,β-unsaturated/α-hetero) is 2. The summed E-state index contributed by atoms with van der Waals surface area (Å²) in [7, 11) is 0. The number of nitrogens with zero attached hydrogens (tertiary/aromatic N) is 2. The molecule has 61 heavy (non-hydrogen) atoms. The molecule has 17 heteroatoms. The van der Waals surface area contributed by atoms with Crippen molar-refractivity contribution in [3.05, 3.63) is 95.4 Å². The molecule has 0 saturated heterocycles. The van der Waals surface area contributed by atoms with Gasteiger partial charge in [0.2, 0.25) is 0 Å². The van der Waals surface area contributed by atoms with Gasteiger partial charge in [-0.2, -0.15) is 0 Å². The quantitative estimate of drug-likeness (QED) is 0.0320. The first kappa shape index (κ1) is 43.9. The van der Waals surface area contributed by atoms with Gasteiger partial charge in [0.25, 0.3) is 23.6 Å². The van der Waals surface area contributed by atoms with E-state index in [-0.39, 0.29) is 72.3 Å². The monoisotopic (exact) mass is 831 g/mol. The van der Waals surface area contributed by atoms with E-state index in [1.54, 1.807) is 72.8 Å². The number of hydrazine groups is 2. The Morgan fingerprint density at radius 1 is 0.541 bits per heavy atom. The zero-order valence-electron chi connectivity index (χ0n) is 34.6. The van der Waals surface area contributed by atoms with E-state index in [0.717, 1.165) is 20.8 Å². The predicted molar refractivity (Wildman–Crippen MR) is 235 cm³/mol. The summed E-state index contributed by atoms with van der Waals surface area (Å²) in [6.45, 7) is 7.97. The van der Waals surface area contributed by atoms with Crippen molar-refractivity contribution in [2.75, 3.05) is 23.7 Å². The molecular weight excluding hydrogens is 779 g/mol. The van der Waals surface area contributed by atoms with E-state index in [0.29, 0.717) is 51.7 Å². The first-order valence-corrected chi connectivity index (χ1v) is 20.2. The summed E-state index contributed by atoms with van der Waals surface area (Å²) in [6.07, 6.45) is 1.21. The molecule has 0 aliphatic carbocycles. The number of hydrogen-bond donors (Lipinski definition) is 9. The second-order valence-electron chi connectivity index (χ2n) is 16.3. The summed E-state index contributed by atoms with van der Waals surface area (Å²) in [5, 5.41) is 9.78. The Labute approximate surface area is 351 Å². The molecule has 0 radical (unpaired) electrons.